The molecule has 0 aliphatic rings. The van der Waals surface area contributed by atoms with E-state index in [-0.39, 0.29) is 5.75 Å². The van der Waals surface area contributed by atoms with Crippen molar-refractivity contribution >= 4 is 22.7 Å². The molecule has 0 bridgehead atoms. The summed E-state index contributed by atoms with van der Waals surface area (Å²) in [7, 11) is 1.58. The van der Waals surface area contributed by atoms with Gasteiger partial charge in [-0.1, -0.05) is 12.1 Å². The summed E-state index contributed by atoms with van der Waals surface area (Å²) in [5, 5.41) is 14.2. The number of hydrogen-bond acceptors (Lipinski definition) is 5. The number of phenols is 1. The molecule has 1 heterocycles. The molecule has 6 nitrogen and oxygen atoms in total. The topological polar surface area (TPSA) is 82.5 Å². The van der Waals surface area contributed by atoms with Gasteiger partial charge in [0.15, 0.2) is 0 Å². The molecule has 0 aliphatic carbocycles. The molecule has 0 amide bonds. The van der Waals surface area contributed by atoms with Gasteiger partial charge in [-0.2, -0.15) is 5.10 Å². The summed E-state index contributed by atoms with van der Waals surface area (Å²) < 4.78 is 5.16. The van der Waals surface area contributed by atoms with E-state index >= 15 is 0 Å². The Labute approximate surface area is 127 Å². The van der Waals surface area contributed by atoms with Crippen LogP contribution < -0.4 is 10.2 Å². The number of hydrogen-bond donors (Lipinski definition) is 3. The van der Waals surface area contributed by atoms with Gasteiger partial charge in [0.1, 0.15) is 11.5 Å². The van der Waals surface area contributed by atoms with Crippen molar-refractivity contribution in [2.24, 2.45) is 5.10 Å². The number of nitrogens with zero attached hydrogens (tertiary/aromatic N) is 2. The summed E-state index contributed by atoms with van der Waals surface area (Å²) in [5.74, 6) is 1.35. The number of H-pyrrole nitrogens is 1. The van der Waals surface area contributed by atoms with E-state index in [1.807, 2.05) is 24.3 Å². The first-order valence-corrected chi connectivity index (χ1v) is 6.80. The van der Waals surface area contributed by atoms with Gasteiger partial charge in [0.25, 0.3) is 0 Å². The molecule has 22 heavy (non-hydrogen) atoms. The van der Waals surface area contributed by atoms with E-state index < -0.39 is 0 Å². The van der Waals surface area contributed by atoms with Gasteiger partial charge in [0.05, 0.1) is 23.9 Å². The third kappa shape index (κ3) is 2.71. The molecule has 0 atom stereocenters. The fourth-order valence-electron chi connectivity index (χ4n) is 2.13. The zero-order valence-electron chi connectivity index (χ0n) is 12.3. The molecule has 0 unspecified atom stereocenters. The molecule has 3 N–H and O–H groups in total. The quantitative estimate of drug-likeness (QED) is 0.510. The smallest absolute Gasteiger partial charge is 0.222 e. The number of benzene rings is 2. The van der Waals surface area contributed by atoms with Crippen molar-refractivity contribution in [1.29, 1.82) is 0 Å². The lowest BCUT2D eigenvalue weighted by molar-refractivity contribution is 0.412. The summed E-state index contributed by atoms with van der Waals surface area (Å²) >= 11 is 0. The van der Waals surface area contributed by atoms with Crippen molar-refractivity contribution in [3.8, 4) is 11.5 Å². The van der Waals surface area contributed by atoms with Crippen LogP contribution in [0.4, 0.5) is 5.95 Å². The van der Waals surface area contributed by atoms with Crippen molar-refractivity contribution < 1.29 is 9.84 Å². The number of imidazole rings is 1. The Bertz CT molecular complexity index is 806. The Hall–Kier alpha value is -3.02. The SMILES string of the molecule is COc1ccc(O)c(/C(C)=N/Nc2nc3ccccc3[nH]2)c1. The van der Waals surface area contributed by atoms with Gasteiger partial charge < -0.3 is 14.8 Å². The minimum atomic E-state index is 0.147. The molecule has 0 saturated heterocycles. The third-order valence-corrected chi connectivity index (χ3v) is 3.31. The van der Waals surface area contributed by atoms with Crippen LogP contribution in [0.5, 0.6) is 11.5 Å². The van der Waals surface area contributed by atoms with E-state index in [0.717, 1.165) is 11.0 Å². The minimum Gasteiger partial charge on any atom is -0.507 e. The van der Waals surface area contributed by atoms with Crippen LogP contribution in [0.1, 0.15) is 12.5 Å². The van der Waals surface area contributed by atoms with Crippen LogP contribution in [-0.4, -0.2) is 27.9 Å². The van der Waals surface area contributed by atoms with E-state index in [4.69, 9.17) is 4.74 Å². The second-order valence-electron chi connectivity index (χ2n) is 4.79. The third-order valence-electron chi connectivity index (χ3n) is 3.31. The van der Waals surface area contributed by atoms with Gasteiger partial charge in [-0.15, -0.1) is 0 Å². The highest BCUT2D eigenvalue weighted by Gasteiger charge is 2.07. The lowest BCUT2D eigenvalue weighted by Gasteiger charge is -2.07. The standard InChI is InChI=1S/C16H16N4O2/c1-10(12-9-11(22-2)7-8-15(12)21)19-20-16-17-13-5-3-4-6-14(13)18-16/h3-9,21H,1-2H3,(H2,17,18,20)/b19-10+. The van der Waals surface area contributed by atoms with Gasteiger partial charge in [-0.05, 0) is 37.3 Å². The van der Waals surface area contributed by atoms with Crippen molar-refractivity contribution in [3.05, 3.63) is 48.0 Å². The molecule has 2 aromatic carbocycles. The van der Waals surface area contributed by atoms with Gasteiger partial charge in [0, 0.05) is 5.56 Å². The highest BCUT2D eigenvalue weighted by Crippen LogP contribution is 2.23. The van der Waals surface area contributed by atoms with E-state index in [1.54, 1.807) is 32.2 Å². The van der Waals surface area contributed by atoms with Crippen LogP contribution in [0.3, 0.4) is 0 Å². The molecule has 6 heteroatoms. The maximum absolute atomic E-state index is 9.92. The zero-order valence-corrected chi connectivity index (χ0v) is 12.3. The van der Waals surface area contributed by atoms with Crippen LogP contribution in [0.15, 0.2) is 47.6 Å². The normalized spacial score (nSPS) is 11.6. The first kappa shape index (κ1) is 13.9. The van der Waals surface area contributed by atoms with Crippen molar-refractivity contribution in [3.63, 3.8) is 0 Å². The maximum Gasteiger partial charge on any atom is 0.222 e. The summed E-state index contributed by atoms with van der Waals surface area (Å²) in [4.78, 5) is 7.50. The fourth-order valence-corrected chi connectivity index (χ4v) is 2.13. The number of aromatic hydroxyl groups is 1. The van der Waals surface area contributed by atoms with E-state index in [0.29, 0.717) is 23.0 Å². The van der Waals surface area contributed by atoms with Crippen LogP contribution in [0, 0.1) is 0 Å². The Morgan fingerprint density at radius 1 is 1.27 bits per heavy atom. The molecular formula is C16H16N4O2. The number of para-hydroxylation sites is 2. The molecule has 0 fully saturated rings. The van der Waals surface area contributed by atoms with Crippen molar-refractivity contribution in [2.45, 2.75) is 6.92 Å². The number of ether oxygens (including phenoxy) is 1. The average Bonchev–Trinajstić information content (AvgIpc) is 2.96. The highest BCUT2D eigenvalue weighted by molar-refractivity contribution is 6.01. The summed E-state index contributed by atoms with van der Waals surface area (Å²) in [5.41, 5.74) is 5.88. The molecule has 0 radical (unpaired) electrons. The average molecular weight is 296 g/mol. The summed E-state index contributed by atoms with van der Waals surface area (Å²) in [6.45, 7) is 1.80. The number of fused-ring (bicyclic) bond motifs is 1. The number of phenolic OH excluding ortho intramolecular Hbond substituents is 1. The minimum absolute atomic E-state index is 0.147. The lowest BCUT2D eigenvalue weighted by atomic mass is 10.1. The van der Waals surface area contributed by atoms with Crippen molar-refractivity contribution in [1.82, 2.24) is 9.97 Å². The molecule has 112 valence electrons. The van der Waals surface area contributed by atoms with Crippen LogP contribution in [-0.2, 0) is 0 Å². The van der Waals surface area contributed by atoms with Gasteiger partial charge in [-0.25, -0.2) is 10.4 Å². The molecule has 3 rings (SSSR count). The maximum atomic E-state index is 9.92. The molecule has 3 aromatic rings. The van der Waals surface area contributed by atoms with E-state index in [9.17, 15) is 5.11 Å². The molecule has 1 aromatic heterocycles. The first-order valence-electron chi connectivity index (χ1n) is 6.80. The van der Waals surface area contributed by atoms with Gasteiger partial charge in [-0.3, -0.25) is 0 Å². The number of aromatic amines is 1. The number of rotatable bonds is 4. The largest absolute Gasteiger partial charge is 0.507 e. The predicted octanol–water partition coefficient (Wildman–Crippen LogP) is 3.11. The summed E-state index contributed by atoms with van der Waals surface area (Å²) in [6.07, 6.45) is 0. The van der Waals surface area contributed by atoms with Gasteiger partial charge >= 0.3 is 0 Å². The van der Waals surface area contributed by atoms with Crippen LogP contribution >= 0.6 is 0 Å². The Morgan fingerprint density at radius 3 is 2.86 bits per heavy atom. The molecular weight excluding hydrogens is 280 g/mol. The number of anilines is 1. The van der Waals surface area contributed by atoms with Crippen LogP contribution in [0.2, 0.25) is 0 Å². The Morgan fingerprint density at radius 2 is 2.09 bits per heavy atom. The Balaban J connectivity index is 1.85. The predicted molar refractivity (Wildman–Crippen MR) is 86.6 cm³/mol. The monoisotopic (exact) mass is 296 g/mol. The number of hydrazone groups is 1. The molecule has 0 aliphatic heterocycles. The van der Waals surface area contributed by atoms with E-state index in [2.05, 4.69) is 20.5 Å². The number of aromatic nitrogens is 2. The molecule has 0 spiro atoms. The second kappa shape index (κ2) is 5.77. The van der Waals surface area contributed by atoms with E-state index in [1.165, 1.54) is 0 Å². The van der Waals surface area contributed by atoms with Crippen LogP contribution in [0.25, 0.3) is 11.0 Å². The number of methoxy groups -OCH3 is 1. The second-order valence-corrected chi connectivity index (χ2v) is 4.79. The fraction of sp³-hybridized carbons (Fsp3) is 0.125. The van der Waals surface area contributed by atoms with Gasteiger partial charge in [0.2, 0.25) is 5.95 Å². The first-order chi connectivity index (χ1) is 10.7. The van der Waals surface area contributed by atoms with Crippen molar-refractivity contribution in [2.75, 3.05) is 12.5 Å². The lowest BCUT2D eigenvalue weighted by Crippen LogP contribution is -2.01. The highest BCUT2D eigenvalue weighted by atomic mass is 16.5. The molecule has 0 saturated carbocycles. The zero-order chi connectivity index (χ0) is 15.5. The number of nitrogens with one attached hydrogen (secondary N) is 2. The Kier molecular flexibility index (Phi) is 3.65. The summed E-state index contributed by atoms with van der Waals surface area (Å²) in [6, 6.07) is 12.7.